The maximum atomic E-state index is 13.1. The summed E-state index contributed by atoms with van der Waals surface area (Å²) in [5.41, 5.74) is 1.58. The van der Waals surface area contributed by atoms with Gasteiger partial charge < -0.3 is 9.64 Å². The van der Waals surface area contributed by atoms with Gasteiger partial charge in [0.25, 0.3) is 5.91 Å². The van der Waals surface area contributed by atoms with E-state index in [1.165, 1.54) is 0 Å². The van der Waals surface area contributed by atoms with Crippen LogP contribution in [0.25, 0.3) is 0 Å². The molecular formula is C19H25N3O2. The fraction of sp³-hybridized carbons (Fsp3) is 0.474. The quantitative estimate of drug-likeness (QED) is 0.851. The van der Waals surface area contributed by atoms with E-state index in [0.717, 1.165) is 5.56 Å². The third-order valence-corrected chi connectivity index (χ3v) is 4.33. The molecule has 1 aromatic heterocycles. The van der Waals surface area contributed by atoms with Gasteiger partial charge in [-0.1, -0.05) is 30.3 Å². The first kappa shape index (κ1) is 16.7. The monoisotopic (exact) mass is 327 g/mol. The Balaban J connectivity index is 1.88. The minimum atomic E-state index is -0.143. The van der Waals surface area contributed by atoms with Gasteiger partial charge in [0.05, 0.1) is 36.1 Å². The SMILES string of the molecule is C[C@H]1CN(C(=O)c2cnn(C(C)(C)C)c2)[C@@H](c2ccccc2)CO1. The number of ether oxygens (including phenoxy) is 1. The maximum absolute atomic E-state index is 13.1. The summed E-state index contributed by atoms with van der Waals surface area (Å²) in [6, 6.07) is 10.00. The van der Waals surface area contributed by atoms with Crippen molar-refractivity contribution in [2.75, 3.05) is 13.2 Å². The molecule has 2 aromatic rings. The van der Waals surface area contributed by atoms with E-state index >= 15 is 0 Å². The lowest BCUT2D eigenvalue weighted by atomic mass is 10.0. The summed E-state index contributed by atoms with van der Waals surface area (Å²) in [7, 11) is 0. The summed E-state index contributed by atoms with van der Waals surface area (Å²) in [4.78, 5) is 15.0. The first-order valence-electron chi connectivity index (χ1n) is 8.39. The van der Waals surface area contributed by atoms with Crippen molar-refractivity contribution < 1.29 is 9.53 Å². The van der Waals surface area contributed by atoms with Crippen molar-refractivity contribution in [2.45, 2.75) is 45.4 Å². The van der Waals surface area contributed by atoms with Crippen LogP contribution in [0.15, 0.2) is 42.7 Å². The van der Waals surface area contributed by atoms with Crippen LogP contribution in [-0.2, 0) is 10.3 Å². The fourth-order valence-corrected chi connectivity index (χ4v) is 2.94. The summed E-state index contributed by atoms with van der Waals surface area (Å²) < 4.78 is 7.64. The Morgan fingerprint density at radius 2 is 1.96 bits per heavy atom. The Morgan fingerprint density at radius 3 is 2.58 bits per heavy atom. The summed E-state index contributed by atoms with van der Waals surface area (Å²) in [5, 5.41) is 4.36. The summed E-state index contributed by atoms with van der Waals surface area (Å²) in [6.45, 7) is 9.30. The molecule has 1 aromatic carbocycles. The Kier molecular flexibility index (Phi) is 4.45. The Bertz CT molecular complexity index is 703. The second-order valence-corrected chi connectivity index (χ2v) is 7.37. The molecule has 24 heavy (non-hydrogen) atoms. The van der Waals surface area contributed by atoms with Gasteiger partial charge >= 0.3 is 0 Å². The Labute approximate surface area is 143 Å². The van der Waals surface area contributed by atoms with Crippen LogP contribution >= 0.6 is 0 Å². The van der Waals surface area contributed by atoms with Crippen LogP contribution in [-0.4, -0.2) is 39.8 Å². The average molecular weight is 327 g/mol. The van der Waals surface area contributed by atoms with E-state index < -0.39 is 0 Å². The van der Waals surface area contributed by atoms with Crippen molar-refractivity contribution in [2.24, 2.45) is 0 Å². The molecule has 1 fully saturated rings. The molecule has 2 atom stereocenters. The van der Waals surface area contributed by atoms with Crippen LogP contribution in [0.1, 0.15) is 49.7 Å². The minimum absolute atomic E-state index is 0.00880. The van der Waals surface area contributed by atoms with Gasteiger partial charge in [-0.2, -0.15) is 5.10 Å². The van der Waals surface area contributed by atoms with Crippen LogP contribution in [0.2, 0.25) is 0 Å². The number of hydrogen-bond acceptors (Lipinski definition) is 3. The number of carbonyl (C=O) groups is 1. The number of hydrogen-bond donors (Lipinski definition) is 0. The molecule has 0 aliphatic carbocycles. The third-order valence-electron chi connectivity index (χ3n) is 4.33. The zero-order valence-corrected chi connectivity index (χ0v) is 14.8. The van der Waals surface area contributed by atoms with Crippen molar-refractivity contribution >= 4 is 5.91 Å². The van der Waals surface area contributed by atoms with E-state index in [4.69, 9.17) is 4.74 Å². The van der Waals surface area contributed by atoms with E-state index in [0.29, 0.717) is 18.7 Å². The number of carbonyl (C=O) groups excluding carboxylic acids is 1. The highest BCUT2D eigenvalue weighted by atomic mass is 16.5. The van der Waals surface area contributed by atoms with Crippen molar-refractivity contribution in [1.82, 2.24) is 14.7 Å². The number of aromatic nitrogens is 2. The maximum Gasteiger partial charge on any atom is 0.257 e. The Hall–Kier alpha value is -2.14. The second kappa shape index (κ2) is 6.40. The largest absolute Gasteiger partial charge is 0.374 e. The first-order chi connectivity index (χ1) is 11.4. The zero-order chi connectivity index (χ0) is 17.3. The molecule has 0 unspecified atom stereocenters. The van der Waals surface area contributed by atoms with Gasteiger partial charge in [-0.25, -0.2) is 0 Å². The molecule has 0 saturated carbocycles. The smallest absolute Gasteiger partial charge is 0.257 e. The van der Waals surface area contributed by atoms with Crippen molar-refractivity contribution in [1.29, 1.82) is 0 Å². The summed E-state index contributed by atoms with van der Waals surface area (Å²) in [6.07, 6.45) is 3.53. The highest BCUT2D eigenvalue weighted by molar-refractivity contribution is 5.94. The molecule has 1 aliphatic heterocycles. The fourth-order valence-electron chi connectivity index (χ4n) is 2.94. The number of nitrogens with zero attached hydrogens (tertiary/aromatic N) is 3. The number of morpholine rings is 1. The lowest BCUT2D eigenvalue weighted by Crippen LogP contribution is -2.46. The zero-order valence-electron chi connectivity index (χ0n) is 14.8. The van der Waals surface area contributed by atoms with Gasteiger partial charge in [0, 0.05) is 12.7 Å². The standard InChI is InChI=1S/C19H25N3O2/c1-14-11-21(17(13-24-14)15-8-6-5-7-9-15)18(23)16-10-20-22(12-16)19(2,3)4/h5-10,12,14,17H,11,13H2,1-4H3/t14-,17+/m0/s1. The molecule has 128 valence electrons. The van der Waals surface area contributed by atoms with Gasteiger partial charge in [-0.15, -0.1) is 0 Å². The van der Waals surface area contributed by atoms with E-state index in [1.54, 1.807) is 6.20 Å². The second-order valence-electron chi connectivity index (χ2n) is 7.37. The van der Waals surface area contributed by atoms with E-state index in [9.17, 15) is 4.79 Å². The molecule has 0 spiro atoms. The first-order valence-corrected chi connectivity index (χ1v) is 8.39. The molecule has 3 rings (SSSR count). The van der Waals surface area contributed by atoms with Gasteiger partial charge in [0.1, 0.15) is 0 Å². The van der Waals surface area contributed by atoms with E-state index in [-0.39, 0.29) is 23.6 Å². The molecule has 2 heterocycles. The molecule has 1 amide bonds. The highest BCUT2D eigenvalue weighted by Gasteiger charge is 2.33. The Morgan fingerprint density at radius 1 is 1.25 bits per heavy atom. The minimum Gasteiger partial charge on any atom is -0.374 e. The molecule has 5 nitrogen and oxygen atoms in total. The third kappa shape index (κ3) is 3.36. The van der Waals surface area contributed by atoms with Crippen LogP contribution in [0, 0.1) is 0 Å². The van der Waals surface area contributed by atoms with Crippen molar-refractivity contribution in [3.63, 3.8) is 0 Å². The van der Waals surface area contributed by atoms with Crippen LogP contribution < -0.4 is 0 Å². The molecule has 5 heteroatoms. The van der Waals surface area contributed by atoms with E-state index in [2.05, 4.69) is 25.9 Å². The summed E-state index contributed by atoms with van der Waals surface area (Å²) in [5.74, 6) is 0.00880. The van der Waals surface area contributed by atoms with Gasteiger partial charge in [-0.05, 0) is 33.3 Å². The topological polar surface area (TPSA) is 47.4 Å². The molecule has 0 bridgehead atoms. The van der Waals surface area contributed by atoms with Crippen LogP contribution in [0.4, 0.5) is 0 Å². The lowest BCUT2D eigenvalue weighted by molar-refractivity contribution is -0.0447. The molecular weight excluding hydrogens is 302 g/mol. The average Bonchev–Trinajstić information content (AvgIpc) is 3.05. The molecule has 1 saturated heterocycles. The van der Waals surface area contributed by atoms with E-state index in [1.807, 2.05) is 53.0 Å². The number of amides is 1. The van der Waals surface area contributed by atoms with Crippen molar-refractivity contribution in [3.05, 3.63) is 53.9 Å². The van der Waals surface area contributed by atoms with Crippen molar-refractivity contribution in [3.8, 4) is 0 Å². The van der Waals surface area contributed by atoms with Gasteiger partial charge in [0.15, 0.2) is 0 Å². The number of benzene rings is 1. The molecule has 0 radical (unpaired) electrons. The highest BCUT2D eigenvalue weighted by Crippen LogP contribution is 2.28. The predicted octanol–water partition coefficient (Wildman–Crippen LogP) is 3.24. The molecule has 0 N–H and O–H groups in total. The van der Waals surface area contributed by atoms with Gasteiger partial charge in [-0.3, -0.25) is 9.48 Å². The van der Waals surface area contributed by atoms with Crippen LogP contribution in [0.5, 0.6) is 0 Å². The normalized spacial score (nSPS) is 21.8. The predicted molar refractivity (Wildman–Crippen MR) is 92.9 cm³/mol. The number of rotatable bonds is 2. The molecule has 1 aliphatic rings. The summed E-state index contributed by atoms with van der Waals surface area (Å²) >= 11 is 0. The van der Waals surface area contributed by atoms with Gasteiger partial charge in [0.2, 0.25) is 0 Å². The lowest BCUT2D eigenvalue weighted by Gasteiger charge is -2.38. The van der Waals surface area contributed by atoms with Crippen LogP contribution in [0.3, 0.4) is 0 Å².